The SMILES string of the molecule is CN=C(NCC1(c2ccc3c(c2)OCO3)CCOCC1)N1CCCC(C)C1. The summed E-state index contributed by atoms with van der Waals surface area (Å²) in [4.78, 5) is 6.97. The van der Waals surface area contributed by atoms with Crippen molar-refractivity contribution in [2.75, 3.05) is 46.7 Å². The second-order valence-corrected chi connectivity index (χ2v) is 8.05. The molecule has 1 N–H and O–H groups in total. The van der Waals surface area contributed by atoms with Gasteiger partial charge in [0.05, 0.1) is 0 Å². The zero-order valence-corrected chi connectivity index (χ0v) is 16.5. The zero-order valence-electron chi connectivity index (χ0n) is 16.5. The van der Waals surface area contributed by atoms with Crippen LogP contribution < -0.4 is 14.8 Å². The normalized spacial score (nSPS) is 24.7. The van der Waals surface area contributed by atoms with E-state index in [1.54, 1.807) is 0 Å². The smallest absolute Gasteiger partial charge is 0.231 e. The fourth-order valence-corrected chi connectivity index (χ4v) is 4.52. The summed E-state index contributed by atoms with van der Waals surface area (Å²) in [5, 5.41) is 3.68. The van der Waals surface area contributed by atoms with Crippen molar-refractivity contribution < 1.29 is 14.2 Å². The van der Waals surface area contributed by atoms with E-state index < -0.39 is 0 Å². The van der Waals surface area contributed by atoms with Gasteiger partial charge in [-0.3, -0.25) is 4.99 Å². The molecule has 0 spiro atoms. The third-order valence-electron chi connectivity index (χ3n) is 6.19. The summed E-state index contributed by atoms with van der Waals surface area (Å²) in [7, 11) is 1.89. The number of fused-ring (bicyclic) bond motifs is 1. The first-order valence-electron chi connectivity index (χ1n) is 10.1. The van der Waals surface area contributed by atoms with E-state index in [2.05, 4.69) is 34.3 Å². The van der Waals surface area contributed by atoms with Crippen LogP contribution in [-0.2, 0) is 10.2 Å². The molecule has 4 rings (SSSR count). The van der Waals surface area contributed by atoms with Gasteiger partial charge in [-0.25, -0.2) is 0 Å². The molecular weight excluding hydrogens is 342 g/mol. The van der Waals surface area contributed by atoms with Crippen LogP contribution in [0.3, 0.4) is 0 Å². The minimum Gasteiger partial charge on any atom is -0.454 e. The van der Waals surface area contributed by atoms with Gasteiger partial charge in [-0.05, 0) is 49.3 Å². The van der Waals surface area contributed by atoms with E-state index in [4.69, 9.17) is 14.2 Å². The summed E-state index contributed by atoms with van der Waals surface area (Å²) in [6.07, 6.45) is 4.54. The van der Waals surface area contributed by atoms with Crippen LogP contribution in [0.1, 0.15) is 38.2 Å². The zero-order chi connectivity index (χ0) is 18.7. The number of guanidine groups is 1. The van der Waals surface area contributed by atoms with Crippen LogP contribution in [0.5, 0.6) is 11.5 Å². The Kier molecular flexibility index (Phi) is 5.43. The molecule has 27 heavy (non-hydrogen) atoms. The maximum absolute atomic E-state index is 5.68. The number of nitrogens with one attached hydrogen (secondary N) is 1. The van der Waals surface area contributed by atoms with Crippen LogP contribution in [0.4, 0.5) is 0 Å². The number of likely N-dealkylation sites (tertiary alicyclic amines) is 1. The van der Waals surface area contributed by atoms with Gasteiger partial charge in [-0.15, -0.1) is 0 Å². The number of ether oxygens (including phenoxy) is 3. The molecular formula is C21H31N3O3. The van der Waals surface area contributed by atoms with E-state index in [9.17, 15) is 0 Å². The molecule has 2 saturated heterocycles. The largest absolute Gasteiger partial charge is 0.454 e. The Morgan fingerprint density at radius 2 is 2.07 bits per heavy atom. The van der Waals surface area contributed by atoms with Crippen molar-refractivity contribution in [3.8, 4) is 11.5 Å². The summed E-state index contributed by atoms with van der Waals surface area (Å²) >= 11 is 0. The Hall–Kier alpha value is -1.95. The molecule has 1 aromatic carbocycles. The van der Waals surface area contributed by atoms with Crippen molar-refractivity contribution in [2.24, 2.45) is 10.9 Å². The topological polar surface area (TPSA) is 55.3 Å². The van der Waals surface area contributed by atoms with Gasteiger partial charge >= 0.3 is 0 Å². The van der Waals surface area contributed by atoms with Crippen molar-refractivity contribution in [3.05, 3.63) is 23.8 Å². The van der Waals surface area contributed by atoms with E-state index in [0.717, 1.165) is 69.1 Å². The second-order valence-electron chi connectivity index (χ2n) is 8.05. The van der Waals surface area contributed by atoms with E-state index in [1.165, 1.54) is 18.4 Å². The number of benzene rings is 1. The summed E-state index contributed by atoms with van der Waals surface area (Å²) in [6.45, 7) is 7.24. The third-order valence-corrected chi connectivity index (χ3v) is 6.19. The number of piperidine rings is 1. The van der Waals surface area contributed by atoms with Crippen LogP contribution in [0.15, 0.2) is 23.2 Å². The molecule has 6 nitrogen and oxygen atoms in total. The Labute approximate surface area is 161 Å². The highest BCUT2D eigenvalue weighted by Crippen LogP contribution is 2.40. The highest BCUT2D eigenvalue weighted by molar-refractivity contribution is 5.80. The molecule has 2 fully saturated rings. The molecule has 6 heteroatoms. The van der Waals surface area contributed by atoms with Crippen molar-refractivity contribution in [3.63, 3.8) is 0 Å². The first kappa shape index (κ1) is 18.4. The maximum atomic E-state index is 5.68. The standard InChI is InChI=1S/C21H31N3O3/c1-16-4-3-9-24(13-16)20(22-2)23-14-21(7-10-25-11-8-21)17-5-6-18-19(12-17)27-15-26-18/h5-6,12,16H,3-4,7-11,13-15H2,1-2H3,(H,22,23). The lowest BCUT2D eigenvalue weighted by molar-refractivity contribution is 0.0510. The molecule has 0 radical (unpaired) electrons. The Morgan fingerprint density at radius 1 is 1.26 bits per heavy atom. The fraction of sp³-hybridized carbons (Fsp3) is 0.667. The Morgan fingerprint density at radius 3 is 2.85 bits per heavy atom. The Bertz CT molecular complexity index is 685. The number of hydrogen-bond donors (Lipinski definition) is 1. The fourth-order valence-electron chi connectivity index (χ4n) is 4.52. The van der Waals surface area contributed by atoms with Crippen molar-refractivity contribution in [2.45, 2.75) is 38.0 Å². The van der Waals surface area contributed by atoms with E-state index >= 15 is 0 Å². The molecule has 3 aliphatic rings. The van der Waals surface area contributed by atoms with Crippen LogP contribution in [0, 0.1) is 5.92 Å². The maximum Gasteiger partial charge on any atom is 0.231 e. The van der Waals surface area contributed by atoms with E-state index in [1.807, 2.05) is 13.1 Å². The molecule has 0 saturated carbocycles. The molecule has 0 aromatic heterocycles. The first-order valence-corrected chi connectivity index (χ1v) is 10.1. The van der Waals surface area contributed by atoms with Crippen molar-refractivity contribution in [1.82, 2.24) is 10.2 Å². The van der Waals surface area contributed by atoms with E-state index in [0.29, 0.717) is 6.79 Å². The summed E-state index contributed by atoms with van der Waals surface area (Å²) in [5.74, 6) is 3.44. The molecule has 0 amide bonds. The van der Waals surface area contributed by atoms with E-state index in [-0.39, 0.29) is 5.41 Å². The summed E-state index contributed by atoms with van der Waals surface area (Å²) in [5.41, 5.74) is 1.32. The predicted octanol–water partition coefficient (Wildman–Crippen LogP) is 2.77. The molecule has 0 aliphatic carbocycles. The number of rotatable bonds is 3. The van der Waals surface area contributed by atoms with Gasteiger partial charge in [0, 0.05) is 45.3 Å². The molecule has 0 bridgehead atoms. The van der Waals surface area contributed by atoms with Gasteiger partial charge in [0.1, 0.15) is 0 Å². The molecule has 1 atom stereocenters. The third kappa shape index (κ3) is 3.86. The van der Waals surface area contributed by atoms with Gasteiger partial charge in [0.2, 0.25) is 6.79 Å². The van der Waals surface area contributed by atoms with Gasteiger partial charge in [-0.1, -0.05) is 13.0 Å². The van der Waals surface area contributed by atoms with Crippen LogP contribution in [-0.4, -0.2) is 57.5 Å². The molecule has 1 unspecified atom stereocenters. The lowest BCUT2D eigenvalue weighted by atomic mass is 9.74. The van der Waals surface area contributed by atoms with Crippen LogP contribution in [0.2, 0.25) is 0 Å². The lowest BCUT2D eigenvalue weighted by Gasteiger charge is -2.40. The van der Waals surface area contributed by atoms with Crippen LogP contribution in [0.25, 0.3) is 0 Å². The second kappa shape index (κ2) is 7.97. The van der Waals surface area contributed by atoms with Gasteiger partial charge in [0.15, 0.2) is 17.5 Å². The molecule has 3 heterocycles. The molecule has 148 valence electrons. The number of nitrogens with zero attached hydrogens (tertiary/aromatic N) is 2. The van der Waals surface area contributed by atoms with Crippen molar-refractivity contribution in [1.29, 1.82) is 0 Å². The summed E-state index contributed by atoms with van der Waals surface area (Å²) in [6, 6.07) is 6.38. The average Bonchev–Trinajstić information content (AvgIpc) is 3.17. The van der Waals surface area contributed by atoms with Crippen LogP contribution >= 0.6 is 0 Å². The predicted molar refractivity (Wildman–Crippen MR) is 106 cm³/mol. The minimum absolute atomic E-state index is 0.0244. The molecule has 1 aromatic rings. The summed E-state index contributed by atoms with van der Waals surface area (Å²) < 4.78 is 16.8. The highest BCUT2D eigenvalue weighted by atomic mass is 16.7. The number of aliphatic imine (C=N–C) groups is 1. The quantitative estimate of drug-likeness (QED) is 0.652. The first-order chi connectivity index (χ1) is 13.2. The highest BCUT2D eigenvalue weighted by Gasteiger charge is 2.36. The molecule has 3 aliphatic heterocycles. The average molecular weight is 373 g/mol. The minimum atomic E-state index is 0.0244. The lowest BCUT2D eigenvalue weighted by Crippen LogP contribution is -2.51. The van der Waals surface area contributed by atoms with Gasteiger partial charge in [-0.2, -0.15) is 0 Å². The Balaban J connectivity index is 1.52. The van der Waals surface area contributed by atoms with Gasteiger partial charge in [0.25, 0.3) is 0 Å². The van der Waals surface area contributed by atoms with Gasteiger partial charge < -0.3 is 24.4 Å². The number of hydrogen-bond acceptors (Lipinski definition) is 4. The van der Waals surface area contributed by atoms with Crippen molar-refractivity contribution >= 4 is 5.96 Å². The monoisotopic (exact) mass is 373 g/mol.